The van der Waals surface area contributed by atoms with Gasteiger partial charge in [-0.1, -0.05) is 6.07 Å². The second-order valence-electron chi connectivity index (χ2n) is 3.58. The van der Waals surface area contributed by atoms with E-state index in [1.807, 2.05) is 17.5 Å². The molecule has 2 heterocycles. The molecule has 17 heavy (non-hydrogen) atoms. The first-order valence-corrected chi connectivity index (χ1v) is 6.01. The Morgan fingerprint density at radius 1 is 1.41 bits per heavy atom. The van der Waals surface area contributed by atoms with Gasteiger partial charge >= 0.3 is 5.97 Å². The summed E-state index contributed by atoms with van der Waals surface area (Å²) in [6.07, 6.45) is 2.31. The third-order valence-electron chi connectivity index (χ3n) is 2.42. The van der Waals surface area contributed by atoms with Gasteiger partial charge in [0, 0.05) is 23.7 Å². The van der Waals surface area contributed by atoms with Crippen LogP contribution in [0.1, 0.15) is 15.2 Å². The van der Waals surface area contributed by atoms with E-state index in [0.29, 0.717) is 6.54 Å². The van der Waals surface area contributed by atoms with Crippen molar-refractivity contribution >= 4 is 17.3 Å². The smallest absolute Gasteiger partial charge is 0.335 e. The van der Waals surface area contributed by atoms with E-state index in [2.05, 4.69) is 0 Å². The molecule has 0 atom stereocenters. The highest BCUT2D eigenvalue weighted by Gasteiger charge is 2.05. The van der Waals surface area contributed by atoms with Crippen molar-refractivity contribution in [1.82, 2.24) is 4.57 Å². The summed E-state index contributed by atoms with van der Waals surface area (Å²) in [5.41, 5.74) is -0.246. The van der Waals surface area contributed by atoms with E-state index >= 15 is 0 Å². The fourth-order valence-electron chi connectivity index (χ4n) is 1.51. The van der Waals surface area contributed by atoms with E-state index in [4.69, 9.17) is 5.11 Å². The van der Waals surface area contributed by atoms with Gasteiger partial charge in [-0.3, -0.25) is 4.79 Å². The van der Waals surface area contributed by atoms with Crippen LogP contribution in [0.2, 0.25) is 0 Å². The molecule has 0 saturated carbocycles. The number of aryl methyl sites for hydroxylation is 2. The Labute approximate surface area is 102 Å². The Hall–Kier alpha value is -1.88. The van der Waals surface area contributed by atoms with E-state index in [1.54, 1.807) is 11.3 Å². The third-order valence-corrected chi connectivity index (χ3v) is 3.36. The number of thiophene rings is 1. The SMILES string of the molecule is O=C(O)c1ccn(CCc2cccs2)c(=O)c1. The van der Waals surface area contributed by atoms with Crippen LogP contribution in [-0.2, 0) is 13.0 Å². The molecule has 0 unspecified atom stereocenters. The fraction of sp³-hybridized carbons (Fsp3) is 0.167. The van der Waals surface area contributed by atoms with E-state index < -0.39 is 5.97 Å². The Kier molecular flexibility index (Phi) is 3.39. The Bertz CT molecular complexity index is 572. The van der Waals surface area contributed by atoms with Gasteiger partial charge in [-0.05, 0) is 23.9 Å². The lowest BCUT2D eigenvalue weighted by atomic mass is 10.2. The minimum absolute atomic E-state index is 0.0300. The molecule has 0 fully saturated rings. The zero-order valence-electron chi connectivity index (χ0n) is 9.00. The monoisotopic (exact) mass is 249 g/mol. The number of hydrogen-bond acceptors (Lipinski definition) is 3. The van der Waals surface area contributed by atoms with Gasteiger partial charge in [-0.15, -0.1) is 11.3 Å². The van der Waals surface area contributed by atoms with Crippen LogP contribution in [0.3, 0.4) is 0 Å². The summed E-state index contributed by atoms with van der Waals surface area (Å²) in [6, 6.07) is 6.58. The average molecular weight is 249 g/mol. The minimum atomic E-state index is -1.08. The molecule has 0 aliphatic carbocycles. The molecule has 0 saturated heterocycles. The van der Waals surface area contributed by atoms with Crippen LogP contribution in [-0.4, -0.2) is 15.6 Å². The van der Waals surface area contributed by atoms with Crippen LogP contribution in [0, 0.1) is 0 Å². The van der Waals surface area contributed by atoms with E-state index in [0.717, 1.165) is 12.5 Å². The number of aromatic nitrogens is 1. The van der Waals surface area contributed by atoms with E-state index in [-0.39, 0.29) is 11.1 Å². The van der Waals surface area contributed by atoms with Gasteiger partial charge in [-0.25, -0.2) is 4.79 Å². The van der Waals surface area contributed by atoms with Crippen molar-refractivity contribution in [1.29, 1.82) is 0 Å². The molecule has 5 heteroatoms. The Morgan fingerprint density at radius 2 is 2.24 bits per heavy atom. The number of pyridine rings is 1. The lowest BCUT2D eigenvalue weighted by Gasteiger charge is -2.04. The molecule has 2 rings (SSSR count). The maximum absolute atomic E-state index is 11.6. The van der Waals surface area contributed by atoms with Crippen LogP contribution in [0.4, 0.5) is 0 Å². The fourth-order valence-corrected chi connectivity index (χ4v) is 2.21. The van der Waals surface area contributed by atoms with Crippen molar-refractivity contribution in [2.75, 3.05) is 0 Å². The zero-order chi connectivity index (χ0) is 12.3. The lowest BCUT2D eigenvalue weighted by molar-refractivity contribution is 0.0696. The number of nitrogens with zero attached hydrogens (tertiary/aromatic N) is 1. The molecule has 2 aromatic heterocycles. The zero-order valence-corrected chi connectivity index (χ0v) is 9.81. The highest BCUT2D eigenvalue weighted by Crippen LogP contribution is 2.09. The number of rotatable bonds is 4. The second-order valence-corrected chi connectivity index (χ2v) is 4.61. The normalized spacial score (nSPS) is 10.4. The molecule has 0 aliphatic heterocycles. The highest BCUT2D eigenvalue weighted by molar-refractivity contribution is 7.09. The molecular weight excluding hydrogens is 238 g/mol. The summed E-state index contributed by atoms with van der Waals surface area (Å²) < 4.78 is 1.52. The molecule has 0 amide bonds. The molecule has 0 aliphatic rings. The van der Waals surface area contributed by atoms with Gasteiger partial charge in [0.05, 0.1) is 5.56 Å². The number of carboxylic acid groups (broad SMARTS) is 1. The summed E-state index contributed by atoms with van der Waals surface area (Å²) >= 11 is 1.65. The number of aromatic carboxylic acids is 1. The van der Waals surface area contributed by atoms with Crippen LogP contribution >= 0.6 is 11.3 Å². The number of carbonyl (C=O) groups is 1. The number of hydrogen-bond donors (Lipinski definition) is 1. The van der Waals surface area contributed by atoms with Crippen molar-refractivity contribution in [2.45, 2.75) is 13.0 Å². The molecule has 1 N–H and O–H groups in total. The molecule has 88 valence electrons. The van der Waals surface area contributed by atoms with Crippen LogP contribution in [0.5, 0.6) is 0 Å². The van der Waals surface area contributed by atoms with Gasteiger partial charge in [0.15, 0.2) is 0 Å². The van der Waals surface area contributed by atoms with Crippen molar-refractivity contribution in [3.05, 3.63) is 56.6 Å². The van der Waals surface area contributed by atoms with Crippen LogP contribution in [0.25, 0.3) is 0 Å². The predicted octanol–water partition coefficient (Wildman–Crippen LogP) is 1.85. The van der Waals surface area contributed by atoms with E-state index in [1.165, 1.54) is 21.7 Å². The van der Waals surface area contributed by atoms with Gasteiger partial charge < -0.3 is 9.67 Å². The maximum atomic E-state index is 11.6. The Balaban J connectivity index is 2.12. The first kappa shape index (κ1) is 11.6. The van der Waals surface area contributed by atoms with Gasteiger partial charge in [0.1, 0.15) is 0 Å². The first-order chi connectivity index (χ1) is 8.16. The van der Waals surface area contributed by atoms with Crippen molar-refractivity contribution in [2.24, 2.45) is 0 Å². The van der Waals surface area contributed by atoms with E-state index in [9.17, 15) is 9.59 Å². The first-order valence-electron chi connectivity index (χ1n) is 5.13. The highest BCUT2D eigenvalue weighted by atomic mass is 32.1. The molecule has 0 bridgehead atoms. The summed E-state index contributed by atoms with van der Waals surface area (Å²) in [5, 5.41) is 10.7. The maximum Gasteiger partial charge on any atom is 0.335 e. The van der Waals surface area contributed by atoms with Gasteiger partial charge in [-0.2, -0.15) is 0 Å². The molecule has 4 nitrogen and oxygen atoms in total. The molecular formula is C12H11NO3S. The van der Waals surface area contributed by atoms with Gasteiger partial charge in [0.25, 0.3) is 5.56 Å². The molecule has 2 aromatic rings. The summed E-state index contributed by atoms with van der Waals surface area (Å²) in [4.78, 5) is 23.5. The minimum Gasteiger partial charge on any atom is -0.478 e. The van der Waals surface area contributed by atoms with Crippen molar-refractivity contribution < 1.29 is 9.90 Å². The summed E-state index contributed by atoms with van der Waals surface area (Å²) in [6.45, 7) is 0.569. The van der Waals surface area contributed by atoms with Crippen molar-refractivity contribution in [3.63, 3.8) is 0 Å². The lowest BCUT2D eigenvalue weighted by Crippen LogP contribution is -2.21. The third kappa shape index (κ3) is 2.82. The predicted molar refractivity (Wildman–Crippen MR) is 65.7 cm³/mol. The van der Waals surface area contributed by atoms with Gasteiger partial charge in [0.2, 0.25) is 0 Å². The largest absolute Gasteiger partial charge is 0.478 e. The molecule has 0 radical (unpaired) electrons. The van der Waals surface area contributed by atoms with Crippen LogP contribution in [0.15, 0.2) is 40.6 Å². The molecule has 0 spiro atoms. The molecule has 0 aromatic carbocycles. The quantitative estimate of drug-likeness (QED) is 0.899. The standard InChI is InChI=1S/C12H11NO3S/c14-11-8-9(12(15)16)3-5-13(11)6-4-10-2-1-7-17-10/h1-3,5,7-8H,4,6H2,(H,15,16). The number of carboxylic acids is 1. The topological polar surface area (TPSA) is 59.3 Å². The summed E-state index contributed by atoms with van der Waals surface area (Å²) in [5.74, 6) is -1.08. The van der Waals surface area contributed by atoms with Crippen molar-refractivity contribution in [3.8, 4) is 0 Å². The second kappa shape index (κ2) is 4.97. The Morgan fingerprint density at radius 3 is 2.82 bits per heavy atom. The average Bonchev–Trinajstić information content (AvgIpc) is 2.80. The van der Waals surface area contributed by atoms with Crippen LogP contribution < -0.4 is 5.56 Å². The summed E-state index contributed by atoms with van der Waals surface area (Å²) in [7, 11) is 0.